The molecule has 4 nitrogen and oxygen atoms in total. The molecule has 4 heteroatoms. The largest absolute Gasteiger partial charge is 0.461 e. The van der Waals surface area contributed by atoms with Crippen molar-refractivity contribution in [2.45, 2.75) is 39.7 Å². The highest BCUT2D eigenvalue weighted by Crippen LogP contribution is 2.24. The zero-order valence-corrected chi connectivity index (χ0v) is 10.7. The van der Waals surface area contributed by atoms with E-state index in [0.717, 1.165) is 30.8 Å². The van der Waals surface area contributed by atoms with Gasteiger partial charge in [0.05, 0.1) is 5.56 Å². The highest BCUT2D eigenvalue weighted by Gasteiger charge is 2.13. The van der Waals surface area contributed by atoms with Crippen LogP contribution in [0.1, 0.15) is 32.8 Å². The lowest BCUT2D eigenvalue weighted by Gasteiger charge is -2.15. The Balaban J connectivity index is 3.02. The van der Waals surface area contributed by atoms with E-state index >= 15 is 0 Å². The molecule has 0 amide bonds. The number of hydrogen-bond donors (Lipinski definition) is 1. The molecule has 17 heavy (non-hydrogen) atoms. The van der Waals surface area contributed by atoms with Gasteiger partial charge in [-0.25, -0.2) is 9.97 Å². The van der Waals surface area contributed by atoms with E-state index in [1.807, 2.05) is 13.8 Å². The van der Waals surface area contributed by atoms with Crippen LogP contribution in [0.3, 0.4) is 0 Å². The molecular weight excluding hydrogens is 214 g/mol. The molecule has 0 aliphatic heterocycles. The second kappa shape index (κ2) is 6.74. The summed E-state index contributed by atoms with van der Waals surface area (Å²) in [7, 11) is 0. The molecule has 1 unspecified atom stereocenters. The van der Waals surface area contributed by atoms with Gasteiger partial charge in [0.15, 0.2) is 6.10 Å². The molecule has 1 atom stereocenters. The van der Waals surface area contributed by atoms with Crippen molar-refractivity contribution in [3.8, 4) is 18.2 Å². The third-order valence-electron chi connectivity index (χ3n) is 2.27. The first-order valence-corrected chi connectivity index (χ1v) is 5.93. The standard InChI is InChI=1S/C13H19N3O/c1-5-8-11-12(14-7-3)15-9-16-13(11)17-10(4)6-2/h2,9-10H,5,7-8H2,1,3-4H3,(H,14,15,16). The Kier molecular flexibility index (Phi) is 5.28. The van der Waals surface area contributed by atoms with Gasteiger partial charge in [-0.15, -0.1) is 6.42 Å². The van der Waals surface area contributed by atoms with Crippen LogP contribution < -0.4 is 10.1 Å². The lowest BCUT2D eigenvalue weighted by molar-refractivity contribution is 0.264. The number of hydrogen-bond acceptors (Lipinski definition) is 4. The van der Waals surface area contributed by atoms with Crippen LogP contribution >= 0.6 is 0 Å². The Hall–Kier alpha value is -1.76. The van der Waals surface area contributed by atoms with Crippen molar-refractivity contribution in [3.05, 3.63) is 11.9 Å². The van der Waals surface area contributed by atoms with Crippen molar-refractivity contribution in [2.75, 3.05) is 11.9 Å². The van der Waals surface area contributed by atoms with E-state index in [0.29, 0.717) is 5.88 Å². The summed E-state index contributed by atoms with van der Waals surface area (Å²) in [5.74, 6) is 3.95. The van der Waals surface area contributed by atoms with Crippen LogP contribution in [0.4, 0.5) is 5.82 Å². The van der Waals surface area contributed by atoms with Crippen LogP contribution in [0.25, 0.3) is 0 Å². The normalized spacial score (nSPS) is 11.6. The first-order chi connectivity index (χ1) is 8.22. The predicted molar refractivity (Wildman–Crippen MR) is 69.1 cm³/mol. The molecule has 1 rings (SSSR count). The quantitative estimate of drug-likeness (QED) is 0.766. The molecule has 0 spiro atoms. The van der Waals surface area contributed by atoms with Gasteiger partial charge in [0.2, 0.25) is 5.88 Å². The third kappa shape index (κ3) is 3.63. The molecule has 0 bridgehead atoms. The molecule has 1 heterocycles. The summed E-state index contributed by atoms with van der Waals surface area (Å²) < 4.78 is 5.61. The molecule has 0 aliphatic rings. The average molecular weight is 233 g/mol. The molecule has 0 aliphatic carbocycles. The molecule has 0 aromatic carbocycles. The van der Waals surface area contributed by atoms with Gasteiger partial charge < -0.3 is 10.1 Å². The lowest BCUT2D eigenvalue weighted by atomic mass is 10.1. The summed E-state index contributed by atoms with van der Waals surface area (Å²) in [6, 6.07) is 0. The van der Waals surface area contributed by atoms with E-state index in [4.69, 9.17) is 11.2 Å². The van der Waals surface area contributed by atoms with Gasteiger partial charge in [0.1, 0.15) is 12.1 Å². The van der Waals surface area contributed by atoms with E-state index in [9.17, 15) is 0 Å². The lowest BCUT2D eigenvalue weighted by Crippen LogP contribution is -2.13. The fourth-order valence-corrected chi connectivity index (χ4v) is 1.49. The third-order valence-corrected chi connectivity index (χ3v) is 2.27. The number of aromatic nitrogens is 2. The Labute approximate surface area is 103 Å². The molecule has 0 fully saturated rings. The van der Waals surface area contributed by atoms with Crippen LogP contribution in [0.15, 0.2) is 6.33 Å². The number of nitrogens with one attached hydrogen (secondary N) is 1. The smallest absolute Gasteiger partial charge is 0.223 e. The summed E-state index contributed by atoms with van der Waals surface area (Å²) in [4.78, 5) is 8.39. The fraction of sp³-hybridized carbons (Fsp3) is 0.538. The SMILES string of the molecule is C#CC(C)Oc1ncnc(NCC)c1CCC. The minimum absolute atomic E-state index is 0.282. The Morgan fingerprint density at radius 3 is 2.82 bits per heavy atom. The Morgan fingerprint density at radius 1 is 1.47 bits per heavy atom. The maximum atomic E-state index is 5.61. The minimum atomic E-state index is -0.282. The fourth-order valence-electron chi connectivity index (χ4n) is 1.49. The number of nitrogens with zero attached hydrogens (tertiary/aromatic N) is 2. The van der Waals surface area contributed by atoms with Gasteiger partial charge in [-0.3, -0.25) is 0 Å². The minimum Gasteiger partial charge on any atom is -0.461 e. The van der Waals surface area contributed by atoms with Gasteiger partial charge in [-0.1, -0.05) is 19.3 Å². The second-order valence-electron chi connectivity index (χ2n) is 3.71. The molecule has 92 valence electrons. The molecule has 0 saturated carbocycles. The molecule has 0 saturated heterocycles. The number of rotatable bonds is 6. The van der Waals surface area contributed by atoms with Gasteiger partial charge in [0, 0.05) is 6.54 Å². The molecule has 0 radical (unpaired) electrons. The van der Waals surface area contributed by atoms with Crippen molar-refractivity contribution in [1.29, 1.82) is 0 Å². The summed E-state index contributed by atoms with van der Waals surface area (Å²) in [6.45, 7) is 6.78. The van der Waals surface area contributed by atoms with Crippen molar-refractivity contribution in [3.63, 3.8) is 0 Å². The van der Waals surface area contributed by atoms with E-state index in [1.54, 1.807) is 0 Å². The van der Waals surface area contributed by atoms with Crippen LogP contribution in [0.5, 0.6) is 5.88 Å². The number of anilines is 1. The van der Waals surface area contributed by atoms with Crippen LogP contribution in [-0.2, 0) is 6.42 Å². The first-order valence-electron chi connectivity index (χ1n) is 5.93. The monoisotopic (exact) mass is 233 g/mol. The Bertz CT molecular complexity index is 398. The van der Waals surface area contributed by atoms with E-state index < -0.39 is 0 Å². The molecule has 1 N–H and O–H groups in total. The van der Waals surface area contributed by atoms with E-state index in [1.165, 1.54) is 6.33 Å². The molecule has 1 aromatic heterocycles. The molecule has 1 aromatic rings. The van der Waals surface area contributed by atoms with Crippen LogP contribution in [0, 0.1) is 12.3 Å². The highest BCUT2D eigenvalue weighted by atomic mass is 16.5. The zero-order valence-electron chi connectivity index (χ0n) is 10.7. The van der Waals surface area contributed by atoms with E-state index in [2.05, 4.69) is 28.1 Å². The number of terminal acetylenes is 1. The summed E-state index contributed by atoms with van der Waals surface area (Å²) >= 11 is 0. The van der Waals surface area contributed by atoms with Crippen molar-refractivity contribution in [2.24, 2.45) is 0 Å². The maximum Gasteiger partial charge on any atom is 0.223 e. The average Bonchev–Trinajstić information content (AvgIpc) is 2.33. The predicted octanol–water partition coefficient (Wildman–Crippen LogP) is 2.26. The van der Waals surface area contributed by atoms with Crippen LogP contribution in [0.2, 0.25) is 0 Å². The van der Waals surface area contributed by atoms with Crippen LogP contribution in [-0.4, -0.2) is 22.6 Å². The summed E-state index contributed by atoms with van der Waals surface area (Å²) in [5, 5.41) is 3.21. The van der Waals surface area contributed by atoms with E-state index in [-0.39, 0.29) is 6.10 Å². The summed E-state index contributed by atoms with van der Waals surface area (Å²) in [6.07, 6.45) is 8.40. The second-order valence-corrected chi connectivity index (χ2v) is 3.71. The van der Waals surface area contributed by atoms with Crippen molar-refractivity contribution in [1.82, 2.24) is 9.97 Å². The highest BCUT2D eigenvalue weighted by molar-refractivity contribution is 5.48. The topological polar surface area (TPSA) is 47.0 Å². The van der Waals surface area contributed by atoms with Gasteiger partial charge in [0.25, 0.3) is 0 Å². The zero-order chi connectivity index (χ0) is 12.7. The van der Waals surface area contributed by atoms with Gasteiger partial charge in [-0.05, 0) is 20.3 Å². The maximum absolute atomic E-state index is 5.61. The Morgan fingerprint density at radius 2 is 2.24 bits per heavy atom. The summed E-state index contributed by atoms with van der Waals surface area (Å²) in [5.41, 5.74) is 0.999. The van der Waals surface area contributed by atoms with Crippen molar-refractivity contribution >= 4 is 5.82 Å². The van der Waals surface area contributed by atoms with Crippen molar-refractivity contribution < 1.29 is 4.74 Å². The molecular formula is C13H19N3O. The first kappa shape index (κ1) is 13.3. The number of ether oxygens (including phenoxy) is 1. The van der Waals surface area contributed by atoms with Gasteiger partial charge in [-0.2, -0.15) is 0 Å². The van der Waals surface area contributed by atoms with Gasteiger partial charge >= 0.3 is 0 Å².